The molecule has 0 aliphatic heterocycles. The van der Waals surface area contributed by atoms with Crippen LogP contribution in [0, 0.1) is 0 Å². The van der Waals surface area contributed by atoms with Crippen LogP contribution >= 0.6 is 11.8 Å². The third-order valence-corrected chi connectivity index (χ3v) is 4.70. The standard InChI is InChI=1S/C18H18N4O2S/c1-12(23)19-13-7-9-14(10-8-13)20-17(24)11-25-18-21-15-5-3-4-6-16(15)22(18)2/h3-10H,11H2,1-2H3,(H2,19,20,23,24)/p+1. The molecule has 0 spiro atoms. The van der Waals surface area contributed by atoms with Gasteiger partial charge in [0.2, 0.25) is 11.8 Å². The molecule has 0 unspecified atom stereocenters. The fraction of sp³-hybridized carbons (Fsp3) is 0.167. The Labute approximate surface area is 149 Å². The first-order valence-corrected chi connectivity index (χ1v) is 8.78. The summed E-state index contributed by atoms with van der Waals surface area (Å²) in [6.07, 6.45) is 0. The molecule has 0 bridgehead atoms. The van der Waals surface area contributed by atoms with Gasteiger partial charge >= 0.3 is 5.16 Å². The molecule has 2 aromatic carbocycles. The maximum Gasteiger partial charge on any atom is 0.317 e. The molecule has 2 amide bonds. The van der Waals surface area contributed by atoms with E-state index in [1.807, 2.05) is 35.9 Å². The average molecular weight is 355 g/mol. The van der Waals surface area contributed by atoms with Crippen LogP contribution in [0.15, 0.2) is 53.7 Å². The number of anilines is 2. The van der Waals surface area contributed by atoms with Crippen LogP contribution in [-0.4, -0.2) is 22.6 Å². The Hall–Kier alpha value is -2.80. The van der Waals surface area contributed by atoms with E-state index < -0.39 is 0 Å². The second-order valence-corrected chi connectivity index (χ2v) is 6.57. The molecule has 7 heteroatoms. The lowest BCUT2D eigenvalue weighted by atomic mass is 10.3. The molecule has 0 radical (unpaired) electrons. The molecule has 0 aliphatic rings. The van der Waals surface area contributed by atoms with Gasteiger partial charge in [-0.1, -0.05) is 12.1 Å². The Kier molecular flexibility index (Phi) is 5.04. The van der Waals surface area contributed by atoms with Gasteiger partial charge in [0.05, 0.1) is 12.8 Å². The van der Waals surface area contributed by atoms with Crippen molar-refractivity contribution in [3.8, 4) is 0 Å². The summed E-state index contributed by atoms with van der Waals surface area (Å²) in [6, 6.07) is 15.0. The lowest BCUT2D eigenvalue weighted by molar-refractivity contribution is -0.683. The number of hydrogen-bond donors (Lipinski definition) is 3. The zero-order chi connectivity index (χ0) is 17.8. The molecular formula is C18H19N4O2S+. The molecule has 1 aromatic heterocycles. The number of rotatable bonds is 5. The van der Waals surface area contributed by atoms with Gasteiger partial charge in [-0.05, 0) is 48.2 Å². The summed E-state index contributed by atoms with van der Waals surface area (Å²) in [5.74, 6) is 0.0870. The maximum absolute atomic E-state index is 12.2. The first kappa shape index (κ1) is 17.0. The minimum Gasteiger partial charge on any atom is -0.326 e. The number of amides is 2. The summed E-state index contributed by atoms with van der Waals surface area (Å²) in [7, 11) is 1.97. The lowest BCUT2D eigenvalue weighted by Crippen LogP contribution is -2.29. The number of carbonyl (C=O) groups excluding carboxylic acids is 2. The van der Waals surface area contributed by atoms with Crippen LogP contribution in [0.2, 0.25) is 0 Å². The highest BCUT2D eigenvalue weighted by Crippen LogP contribution is 2.18. The molecule has 0 atom stereocenters. The van der Waals surface area contributed by atoms with Gasteiger partial charge in [-0.3, -0.25) is 9.59 Å². The van der Waals surface area contributed by atoms with Crippen LogP contribution in [-0.2, 0) is 16.6 Å². The minimum absolute atomic E-state index is 0.0871. The molecule has 3 N–H and O–H groups in total. The van der Waals surface area contributed by atoms with Gasteiger partial charge in [-0.15, -0.1) is 0 Å². The van der Waals surface area contributed by atoms with E-state index >= 15 is 0 Å². The Morgan fingerprint density at radius 3 is 2.32 bits per heavy atom. The monoisotopic (exact) mass is 355 g/mol. The number of aromatic amines is 1. The van der Waals surface area contributed by atoms with E-state index in [1.165, 1.54) is 18.7 Å². The number of aryl methyl sites for hydroxylation is 1. The van der Waals surface area contributed by atoms with Crippen molar-refractivity contribution in [1.29, 1.82) is 0 Å². The molecule has 0 aliphatic carbocycles. The Morgan fingerprint density at radius 2 is 1.68 bits per heavy atom. The van der Waals surface area contributed by atoms with Crippen molar-refractivity contribution in [3.63, 3.8) is 0 Å². The lowest BCUT2D eigenvalue weighted by Gasteiger charge is -2.06. The summed E-state index contributed by atoms with van der Waals surface area (Å²) in [4.78, 5) is 26.5. The predicted molar refractivity (Wildman–Crippen MR) is 99.6 cm³/mol. The number of thioether (sulfide) groups is 1. The summed E-state index contributed by atoms with van der Waals surface area (Å²) in [6.45, 7) is 1.46. The molecule has 0 saturated heterocycles. The summed E-state index contributed by atoms with van der Waals surface area (Å²) >= 11 is 1.45. The molecule has 1 heterocycles. The SMILES string of the molecule is CC(=O)Nc1ccc(NC(=O)CSc2[nH]c3ccccc3[n+]2C)cc1. The number of hydrogen-bond acceptors (Lipinski definition) is 3. The molecule has 0 fully saturated rings. The summed E-state index contributed by atoms with van der Waals surface area (Å²) < 4.78 is 2.04. The number of para-hydroxylation sites is 2. The van der Waals surface area contributed by atoms with Crippen molar-refractivity contribution < 1.29 is 14.2 Å². The third-order valence-electron chi connectivity index (χ3n) is 3.64. The van der Waals surface area contributed by atoms with Gasteiger partial charge in [-0.2, -0.15) is 0 Å². The fourth-order valence-electron chi connectivity index (χ4n) is 2.48. The number of H-pyrrole nitrogens is 1. The Morgan fingerprint density at radius 1 is 1.04 bits per heavy atom. The van der Waals surface area contributed by atoms with E-state index in [-0.39, 0.29) is 11.8 Å². The highest BCUT2D eigenvalue weighted by Gasteiger charge is 2.16. The van der Waals surface area contributed by atoms with E-state index in [2.05, 4.69) is 15.6 Å². The van der Waals surface area contributed by atoms with Crippen LogP contribution in [0.1, 0.15) is 6.92 Å². The summed E-state index contributed by atoms with van der Waals surface area (Å²) in [5, 5.41) is 6.47. The van der Waals surface area contributed by atoms with Gasteiger partial charge in [-0.25, -0.2) is 9.55 Å². The zero-order valence-corrected chi connectivity index (χ0v) is 14.8. The number of benzene rings is 2. The first-order chi connectivity index (χ1) is 12.0. The topological polar surface area (TPSA) is 77.9 Å². The number of fused-ring (bicyclic) bond motifs is 1. The van der Waals surface area contributed by atoms with Crippen LogP contribution in [0.4, 0.5) is 11.4 Å². The van der Waals surface area contributed by atoms with Gasteiger partial charge in [0.15, 0.2) is 11.0 Å². The molecule has 3 rings (SSSR count). The fourth-order valence-corrected chi connectivity index (χ4v) is 3.30. The van der Waals surface area contributed by atoms with Gasteiger partial charge < -0.3 is 10.6 Å². The second kappa shape index (κ2) is 7.40. The molecule has 3 aromatic rings. The predicted octanol–water partition coefficient (Wildman–Crippen LogP) is 2.68. The van der Waals surface area contributed by atoms with Crippen LogP contribution in [0.3, 0.4) is 0 Å². The van der Waals surface area contributed by atoms with Crippen molar-refractivity contribution in [1.82, 2.24) is 4.98 Å². The number of carbonyl (C=O) groups is 2. The van der Waals surface area contributed by atoms with Crippen molar-refractivity contribution in [3.05, 3.63) is 48.5 Å². The maximum atomic E-state index is 12.2. The van der Waals surface area contributed by atoms with Crippen LogP contribution in [0.5, 0.6) is 0 Å². The van der Waals surface area contributed by atoms with E-state index in [4.69, 9.17) is 0 Å². The highest BCUT2D eigenvalue weighted by atomic mass is 32.2. The largest absolute Gasteiger partial charge is 0.326 e. The Balaban J connectivity index is 1.59. The third kappa shape index (κ3) is 4.19. The van der Waals surface area contributed by atoms with Gasteiger partial charge in [0.1, 0.15) is 0 Å². The van der Waals surface area contributed by atoms with Crippen LogP contribution < -0.4 is 15.2 Å². The minimum atomic E-state index is -0.126. The normalized spacial score (nSPS) is 10.6. The quantitative estimate of drug-likeness (QED) is 0.486. The average Bonchev–Trinajstić information content (AvgIpc) is 2.91. The number of aromatic nitrogens is 2. The zero-order valence-electron chi connectivity index (χ0n) is 14.0. The van der Waals surface area contributed by atoms with Gasteiger partial charge in [0.25, 0.3) is 0 Å². The van der Waals surface area contributed by atoms with E-state index in [0.29, 0.717) is 17.1 Å². The number of nitrogens with zero attached hydrogens (tertiary/aromatic N) is 1. The van der Waals surface area contributed by atoms with Gasteiger partial charge in [0, 0.05) is 18.3 Å². The van der Waals surface area contributed by atoms with Crippen LogP contribution in [0.25, 0.3) is 11.0 Å². The van der Waals surface area contributed by atoms with Crippen molar-refractivity contribution in [2.24, 2.45) is 7.05 Å². The van der Waals surface area contributed by atoms with Crippen molar-refractivity contribution in [2.75, 3.05) is 16.4 Å². The van der Waals surface area contributed by atoms with Crippen molar-refractivity contribution in [2.45, 2.75) is 12.1 Å². The number of nitrogens with one attached hydrogen (secondary N) is 3. The molecule has 6 nitrogen and oxygen atoms in total. The molecule has 128 valence electrons. The molecule has 25 heavy (non-hydrogen) atoms. The highest BCUT2D eigenvalue weighted by molar-refractivity contribution is 7.99. The van der Waals surface area contributed by atoms with E-state index in [1.54, 1.807) is 24.3 Å². The summed E-state index contributed by atoms with van der Waals surface area (Å²) in [5.41, 5.74) is 3.53. The van der Waals surface area contributed by atoms with E-state index in [0.717, 1.165) is 16.2 Å². The smallest absolute Gasteiger partial charge is 0.317 e. The van der Waals surface area contributed by atoms with Crippen molar-refractivity contribution >= 4 is 46.0 Å². The van der Waals surface area contributed by atoms with E-state index in [9.17, 15) is 9.59 Å². The Bertz CT molecular complexity index is 918. The first-order valence-electron chi connectivity index (χ1n) is 7.80. The number of imidazole rings is 1. The second-order valence-electron chi connectivity index (χ2n) is 5.60. The molecular weight excluding hydrogens is 336 g/mol. The molecule has 0 saturated carbocycles.